The molecule has 5 rings (SSSR count). The first-order valence-corrected chi connectivity index (χ1v) is 10.2. The molecule has 1 atom stereocenters. The number of hydrogen-bond donors (Lipinski definition) is 2. The summed E-state index contributed by atoms with van der Waals surface area (Å²) < 4.78 is 5.46. The zero-order valence-electron chi connectivity index (χ0n) is 16.7. The SMILES string of the molecule is C1=C(c2ccc(N3CCOCC3)cc2)NC(NCc2cccnc2)c2nccnc21. The van der Waals surface area contributed by atoms with E-state index in [1.807, 2.05) is 12.3 Å². The van der Waals surface area contributed by atoms with Crippen LogP contribution >= 0.6 is 0 Å². The molecule has 0 bridgehead atoms. The number of ether oxygens (including phenoxy) is 1. The van der Waals surface area contributed by atoms with Gasteiger partial charge in [0.05, 0.1) is 18.9 Å². The molecule has 0 aliphatic carbocycles. The van der Waals surface area contributed by atoms with E-state index in [9.17, 15) is 0 Å². The number of hydrogen-bond acceptors (Lipinski definition) is 7. The summed E-state index contributed by atoms with van der Waals surface area (Å²) in [5, 5.41) is 7.13. The average Bonchev–Trinajstić information content (AvgIpc) is 2.84. The molecule has 1 fully saturated rings. The smallest absolute Gasteiger partial charge is 0.123 e. The molecule has 1 aromatic carbocycles. The average molecular weight is 400 g/mol. The Morgan fingerprint density at radius 1 is 1.03 bits per heavy atom. The maximum atomic E-state index is 5.46. The van der Waals surface area contributed by atoms with Crippen LogP contribution in [-0.2, 0) is 11.3 Å². The quantitative estimate of drug-likeness (QED) is 0.682. The molecule has 7 nitrogen and oxygen atoms in total. The maximum absolute atomic E-state index is 5.46. The number of aromatic nitrogens is 3. The van der Waals surface area contributed by atoms with E-state index in [1.165, 1.54) is 5.69 Å². The number of benzene rings is 1. The van der Waals surface area contributed by atoms with Crippen molar-refractivity contribution in [3.05, 3.63) is 83.7 Å². The van der Waals surface area contributed by atoms with Gasteiger partial charge in [0.2, 0.25) is 0 Å². The highest BCUT2D eigenvalue weighted by Crippen LogP contribution is 2.28. The molecular formula is C23H24N6O. The summed E-state index contributed by atoms with van der Waals surface area (Å²) in [6.45, 7) is 4.13. The van der Waals surface area contributed by atoms with Gasteiger partial charge < -0.3 is 15.0 Å². The molecule has 2 aliphatic heterocycles. The van der Waals surface area contributed by atoms with E-state index in [1.54, 1.807) is 18.6 Å². The van der Waals surface area contributed by atoms with Gasteiger partial charge in [-0.05, 0) is 35.4 Å². The van der Waals surface area contributed by atoms with Crippen LogP contribution in [0.5, 0.6) is 0 Å². The molecule has 1 saturated heterocycles. The fourth-order valence-corrected chi connectivity index (χ4v) is 3.81. The summed E-state index contributed by atoms with van der Waals surface area (Å²) in [5.74, 6) is 0. The van der Waals surface area contributed by atoms with Crippen molar-refractivity contribution in [2.45, 2.75) is 12.7 Å². The van der Waals surface area contributed by atoms with Gasteiger partial charge in [0.25, 0.3) is 0 Å². The minimum absolute atomic E-state index is 0.132. The summed E-state index contributed by atoms with van der Waals surface area (Å²) in [6, 6.07) is 12.7. The Bertz CT molecular complexity index is 1020. The Hall–Kier alpha value is -3.29. The van der Waals surface area contributed by atoms with Gasteiger partial charge in [-0.2, -0.15) is 0 Å². The second kappa shape index (κ2) is 8.61. The van der Waals surface area contributed by atoms with Gasteiger partial charge in [-0.15, -0.1) is 0 Å². The van der Waals surface area contributed by atoms with E-state index in [-0.39, 0.29) is 6.17 Å². The van der Waals surface area contributed by atoms with Crippen LogP contribution in [0.1, 0.15) is 28.7 Å². The molecule has 4 heterocycles. The fraction of sp³-hybridized carbons (Fsp3) is 0.261. The van der Waals surface area contributed by atoms with Crippen LogP contribution in [0.15, 0.2) is 61.2 Å². The Morgan fingerprint density at radius 3 is 2.67 bits per heavy atom. The van der Waals surface area contributed by atoms with Gasteiger partial charge in [0.1, 0.15) is 11.9 Å². The third-order valence-electron chi connectivity index (χ3n) is 5.40. The Kier molecular flexibility index (Phi) is 5.37. The molecule has 2 aliphatic rings. The molecule has 0 amide bonds. The number of nitrogens with zero attached hydrogens (tertiary/aromatic N) is 4. The normalized spacial score (nSPS) is 18.3. The highest BCUT2D eigenvalue weighted by molar-refractivity contribution is 5.82. The maximum Gasteiger partial charge on any atom is 0.123 e. The standard InChI is InChI=1S/C23H24N6O/c1-2-17(15-24-7-1)16-27-23-22-21(25-8-9-26-22)14-20(28-23)18-3-5-19(6-4-18)29-10-12-30-13-11-29/h1-9,14-15,23,27-28H,10-13,16H2. The van der Waals surface area contributed by atoms with Crippen LogP contribution in [0.4, 0.5) is 5.69 Å². The lowest BCUT2D eigenvalue weighted by molar-refractivity contribution is 0.122. The van der Waals surface area contributed by atoms with E-state index >= 15 is 0 Å². The van der Waals surface area contributed by atoms with Crippen LogP contribution in [0.25, 0.3) is 11.8 Å². The number of nitrogens with one attached hydrogen (secondary N) is 2. The fourth-order valence-electron chi connectivity index (χ4n) is 3.81. The first-order chi connectivity index (χ1) is 14.9. The molecular weight excluding hydrogens is 376 g/mol. The van der Waals surface area contributed by atoms with Crippen molar-refractivity contribution < 1.29 is 4.74 Å². The van der Waals surface area contributed by atoms with Gasteiger partial charge in [-0.1, -0.05) is 18.2 Å². The Labute approximate surface area is 175 Å². The van der Waals surface area contributed by atoms with Gasteiger partial charge in [-0.3, -0.25) is 20.3 Å². The molecule has 7 heteroatoms. The zero-order valence-corrected chi connectivity index (χ0v) is 16.7. The number of rotatable bonds is 5. The first-order valence-electron chi connectivity index (χ1n) is 10.2. The molecule has 0 spiro atoms. The molecule has 152 valence electrons. The minimum atomic E-state index is -0.132. The Balaban J connectivity index is 1.36. The van der Waals surface area contributed by atoms with Gasteiger partial charge >= 0.3 is 0 Å². The molecule has 2 aromatic heterocycles. The van der Waals surface area contributed by atoms with Crippen molar-refractivity contribution in [3.8, 4) is 0 Å². The minimum Gasteiger partial charge on any atom is -0.378 e. The van der Waals surface area contributed by atoms with Crippen molar-refractivity contribution in [2.24, 2.45) is 0 Å². The highest BCUT2D eigenvalue weighted by Gasteiger charge is 2.23. The van der Waals surface area contributed by atoms with Gasteiger partial charge in [0, 0.05) is 55.8 Å². The largest absolute Gasteiger partial charge is 0.378 e. The second-order valence-electron chi connectivity index (χ2n) is 7.35. The van der Waals surface area contributed by atoms with Crippen molar-refractivity contribution in [3.63, 3.8) is 0 Å². The monoisotopic (exact) mass is 400 g/mol. The van der Waals surface area contributed by atoms with E-state index in [4.69, 9.17) is 4.74 Å². The van der Waals surface area contributed by atoms with Crippen molar-refractivity contribution in [2.75, 3.05) is 31.2 Å². The van der Waals surface area contributed by atoms with Crippen LogP contribution in [-0.4, -0.2) is 41.3 Å². The summed E-state index contributed by atoms with van der Waals surface area (Å²) in [5.41, 5.74) is 6.28. The van der Waals surface area contributed by atoms with E-state index in [2.05, 4.69) is 66.9 Å². The third-order valence-corrected chi connectivity index (χ3v) is 5.40. The van der Waals surface area contributed by atoms with E-state index < -0.39 is 0 Å². The Morgan fingerprint density at radius 2 is 1.87 bits per heavy atom. The predicted molar refractivity (Wildman–Crippen MR) is 116 cm³/mol. The third kappa shape index (κ3) is 4.03. The highest BCUT2D eigenvalue weighted by atomic mass is 16.5. The molecule has 2 N–H and O–H groups in total. The van der Waals surface area contributed by atoms with Crippen LogP contribution in [0, 0.1) is 0 Å². The van der Waals surface area contributed by atoms with E-state index in [0.29, 0.717) is 6.54 Å². The number of morpholine rings is 1. The first kappa shape index (κ1) is 18.7. The van der Waals surface area contributed by atoms with E-state index in [0.717, 1.165) is 54.5 Å². The van der Waals surface area contributed by atoms with Gasteiger partial charge in [0.15, 0.2) is 0 Å². The zero-order chi connectivity index (χ0) is 20.2. The molecule has 0 radical (unpaired) electrons. The number of pyridine rings is 1. The summed E-state index contributed by atoms with van der Waals surface area (Å²) in [4.78, 5) is 15.6. The molecule has 0 saturated carbocycles. The lowest BCUT2D eigenvalue weighted by atomic mass is 10.0. The summed E-state index contributed by atoms with van der Waals surface area (Å²) in [7, 11) is 0. The van der Waals surface area contributed by atoms with Crippen molar-refractivity contribution >= 4 is 17.5 Å². The lowest BCUT2D eigenvalue weighted by Gasteiger charge is -2.30. The predicted octanol–water partition coefficient (Wildman–Crippen LogP) is 2.60. The van der Waals surface area contributed by atoms with Crippen LogP contribution in [0.2, 0.25) is 0 Å². The topological polar surface area (TPSA) is 75.2 Å². The molecule has 3 aromatic rings. The molecule has 30 heavy (non-hydrogen) atoms. The lowest BCUT2D eigenvalue weighted by Crippen LogP contribution is -2.37. The summed E-state index contributed by atoms with van der Waals surface area (Å²) >= 11 is 0. The van der Waals surface area contributed by atoms with Crippen LogP contribution < -0.4 is 15.5 Å². The second-order valence-corrected chi connectivity index (χ2v) is 7.35. The number of fused-ring (bicyclic) bond motifs is 1. The van der Waals surface area contributed by atoms with Crippen molar-refractivity contribution in [1.29, 1.82) is 0 Å². The summed E-state index contributed by atoms with van der Waals surface area (Å²) in [6.07, 6.45) is 9.05. The van der Waals surface area contributed by atoms with Crippen molar-refractivity contribution in [1.82, 2.24) is 25.6 Å². The number of anilines is 1. The van der Waals surface area contributed by atoms with Gasteiger partial charge in [-0.25, -0.2) is 0 Å². The molecule has 1 unspecified atom stereocenters. The van der Waals surface area contributed by atoms with Crippen LogP contribution in [0.3, 0.4) is 0 Å².